The lowest BCUT2D eigenvalue weighted by Gasteiger charge is -2.22. The van der Waals surface area contributed by atoms with E-state index in [9.17, 15) is 0 Å². The van der Waals surface area contributed by atoms with Crippen LogP contribution >= 0.6 is 11.6 Å². The number of hydrogen-bond donors (Lipinski definition) is 1. The third-order valence-corrected chi connectivity index (χ3v) is 3.96. The van der Waals surface area contributed by atoms with Gasteiger partial charge in [0.25, 0.3) is 0 Å². The molecular formula is C18H22ClNO. The maximum absolute atomic E-state index is 6.28. The molecule has 2 aromatic carbocycles. The van der Waals surface area contributed by atoms with Gasteiger partial charge in [-0.05, 0) is 41.8 Å². The molecule has 0 amide bonds. The second-order valence-electron chi connectivity index (χ2n) is 4.94. The van der Waals surface area contributed by atoms with Gasteiger partial charge in [-0.1, -0.05) is 55.8 Å². The van der Waals surface area contributed by atoms with Gasteiger partial charge in [-0.2, -0.15) is 0 Å². The zero-order valence-electron chi connectivity index (χ0n) is 12.8. The Morgan fingerprint density at radius 3 is 2.52 bits per heavy atom. The van der Waals surface area contributed by atoms with Crippen LogP contribution in [0.25, 0.3) is 0 Å². The maximum Gasteiger partial charge on any atom is 0.137 e. The van der Waals surface area contributed by atoms with Crippen molar-refractivity contribution in [3.05, 3.63) is 64.2 Å². The lowest BCUT2D eigenvalue weighted by molar-refractivity contribution is 0.414. The second kappa shape index (κ2) is 7.48. The molecule has 0 radical (unpaired) electrons. The van der Waals surface area contributed by atoms with Crippen LogP contribution in [-0.4, -0.2) is 13.7 Å². The van der Waals surface area contributed by atoms with E-state index in [0.29, 0.717) is 10.8 Å². The number of benzene rings is 2. The molecule has 0 spiro atoms. The van der Waals surface area contributed by atoms with Crippen LogP contribution in [0.1, 0.15) is 36.6 Å². The van der Waals surface area contributed by atoms with Crippen LogP contribution in [-0.2, 0) is 6.42 Å². The van der Waals surface area contributed by atoms with E-state index < -0.39 is 0 Å². The number of ether oxygens (including phenoxy) is 1. The molecule has 3 heteroatoms. The van der Waals surface area contributed by atoms with Gasteiger partial charge in [-0.25, -0.2) is 0 Å². The number of nitrogens with one attached hydrogen (secondary N) is 1. The van der Waals surface area contributed by atoms with Gasteiger partial charge in [0.15, 0.2) is 0 Å². The first-order valence-corrected chi connectivity index (χ1v) is 7.73. The van der Waals surface area contributed by atoms with Crippen LogP contribution in [0.4, 0.5) is 0 Å². The van der Waals surface area contributed by atoms with E-state index in [1.807, 2.05) is 12.1 Å². The molecule has 0 heterocycles. The van der Waals surface area contributed by atoms with Crippen molar-refractivity contribution in [3.63, 3.8) is 0 Å². The smallest absolute Gasteiger partial charge is 0.137 e. The summed E-state index contributed by atoms with van der Waals surface area (Å²) >= 11 is 6.28. The molecule has 0 aliphatic heterocycles. The Labute approximate surface area is 132 Å². The summed E-state index contributed by atoms with van der Waals surface area (Å²) in [6.07, 6.45) is 1.02. The molecular weight excluding hydrogens is 282 g/mol. The highest BCUT2D eigenvalue weighted by atomic mass is 35.5. The van der Waals surface area contributed by atoms with Gasteiger partial charge in [0, 0.05) is 0 Å². The molecule has 21 heavy (non-hydrogen) atoms. The van der Waals surface area contributed by atoms with E-state index in [2.05, 4.69) is 49.5 Å². The van der Waals surface area contributed by atoms with Crippen LogP contribution in [0.3, 0.4) is 0 Å². The van der Waals surface area contributed by atoms with Gasteiger partial charge < -0.3 is 10.1 Å². The SMILES string of the molecule is CCNC(c1ccc(OC)c(Cl)c1)c1ccccc1CC. The Morgan fingerprint density at radius 2 is 1.90 bits per heavy atom. The zero-order chi connectivity index (χ0) is 15.2. The molecule has 0 bridgehead atoms. The molecule has 0 saturated carbocycles. The third-order valence-electron chi connectivity index (χ3n) is 3.66. The lowest BCUT2D eigenvalue weighted by Crippen LogP contribution is -2.23. The van der Waals surface area contributed by atoms with Crippen LogP contribution in [0, 0.1) is 0 Å². The quantitative estimate of drug-likeness (QED) is 0.841. The molecule has 2 rings (SSSR count). The normalized spacial score (nSPS) is 12.2. The highest BCUT2D eigenvalue weighted by Crippen LogP contribution is 2.31. The van der Waals surface area contributed by atoms with E-state index in [4.69, 9.17) is 16.3 Å². The summed E-state index contributed by atoms with van der Waals surface area (Å²) in [7, 11) is 1.63. The standard InChI is InChI=1S/C18H22ClNO/c1-4-13-8-6-7-9-15(13)18(20-5-2)14-10-11-17(21-3)16(19)12-14/h6-12,18,20H,4-5H2,1-3H3. The summed E-state index contributed by atoms with van der Waals surface area (Å²) in [5.41, 5.74) is 3.82. The number of methoxy groups -OCH3 is 1. The summed E-state index contributed by atoms with van der Waals surface area (Å²) in [6.45, 7) is 5.20. The summed E-state index contributed by atoms with van der Waals surface area (Å²) in [6, 6.07) is 14.7. The highest BCUT2D eigenvalue weighted by Gasteiger charge is 2.17. The number of aryl methyl sites for hydroxylation is 1. The fourth-order valence-electron chi connectivity index (χ4n) is 2.61. The Bertz CT molecular complexity index is 598. The van der Waals surface area contributed by atoms with E-state index in [1.165, 1.54) is 11.1 Å². The molecule has 0 aliphatic rings. The maximum atomic E-state index is 6.28. The van der Waals surface area contributed by atoms with Crippen molar-refractivity contribution in [2.45, 2.75) is 26.3 Å². The number of halogens is 1. The van der Waals surface area contributed by atoms with E-state index >= 15 is 0 Å². The number of rotatable bonds is 6. The summed E-state index contributed by atoms with van der Waals surface area (Å²) in [5.74, 6) is 0.708. The Balaban J connectivity index is 2.45. The van der Waals surface area contributed by atoms with Crippen LogP contribution in [0.2, 0.25) is 5.02 Å². The van der Waals surface area contributed by atoms with Gasteiger partial charge in [0.05, 0.1) is 18.2 Å². The molecule has 112 valence electrons. The largest absolute Gasteiger partial charge is 0.495 e. The van der Waals surface area contributed by atoms with Crippen molar-refractivity contribution in [2.75, 3.05) is 13.7 Å². The van der Waals surface area contributed by atoms with E-state index in [-0.39, 0.29) is 6.04 Å². The Kier molecular flexibility index (Phi) is 5.66. The first kappa shape index (κ1) is 15.9. The molecule has 1 atom stereocenters. The monoisotopic (exact) mass is 303 g/mol. The summed E-state index contributed by atoms with van der Waals surface area (Å²) < 4.78 is 5.24. The van der Waals surface area contributed by atoms with E-state index in [1.54, 1.807) is 7.11 Å². The topological polar surface area (TPSA) is 21.3 Å². The van der Waals surface area contributed by atoms with Crippen LogP contribution in [0.15, 0.2) is 42.5 Å². The predicted molar refractivity (Wildman–Crippen MR) is 89.3 cm³/mol. The zero-order valence-corrected chi connectivity index (χ0v) is 13.6. The Hall–Kier alpha value is -1.51. The van der Waals surface area contributed by atoms with Crippen molar-refractivity contribution < 1.29 is 4.74 Å². The predicted octanol–water partition coefficient (Wildman–Crippen LogP) is 4.61. The molecule has 0 aliphatic carbocycles. The van der Waals surface area contributed by atoms with Crippen molar-refractivity contribution >= 4 is 11.6 Å². The first-order valence-electron chi connectivity index (χ1n) is 7.35. The van der Waals surface area contributed by atoms with Crippen molar-refractivity contribution in [1.82, 2.24) is 5.32 Å². The molecule has 0 fully saturated rings. The van der Waals surface area contributed by atoms with Gasteiger partial charge >= 0.3 is 0 Å². The second-order valence-corrected chi connectivity index (χ2v) is 5.34. The fraction of sp³-hybridized carbons (Fsp3) is 0.333. The molecule has 1 N–H and O–H groups in total. The van der Waals surface area contributed by atoms with Crippen LogP contribution < -0.4 is 10.1 Å². The third kappa shape index (κ3) is 3.58. The van der Waals surface area contributed by atoms with Gasteiger partial charge in [0.1, 0.15) is 5.75 Å². The molecule has 2 aromatic rings. The average molecular weight is 304 g/mol. The summed E-state index contributed by atoms with van der Waals surface area (Å²) in [4.78, 5) is 0. The molecule has 1 unspecified atom stereocenters. The molecule has 0 saturated heterocycles. The van der Waals surface area contributed by atoms with Crippen LogP contribution in [0.5, 0.6) is 5.75 Å². The van der Waals surface area contributed by atoms with Crippen molar-refractivity contribution in [2.24, 2.45) is 0 Å². The van der Waals surface area contributed by atoms with Crippen molar-refractivity contribution in [3.8, 4) is 5.75 Å². The minimum atomic E-state index is 0.148. The Morgan fingerprint density at radius 1 is 1.14 bits per heavy atom. The van der Waals surface area contributed by atoms with E-state index in [0.717, 1.165) is 18.5 Å². The molecule has 2 nitrogen and oxygen atoms in total. The number of hydrogen-bond acceptors (Lipinski definition) is 2. The average Bonchev–Trinajstić information content (AvgIpc) is 2.52. The fourth-order valence-corrected chi connectivity index (χ4v) is 2.88. The lowest BCUT2D eigenvalue weighted by atomic mass is 9.93. The van der Waals surface area contributed by atoms with Gasteiger partial charge in [-0.3, -0.25) is 0 Å². The highest BCUT2D eigenvalue weighted by molar-refractivity contribution is 6.32. The minimum Gasteiger partial charge on any atom is -0.495 e. The summed E-state index contributed by atoms with van der Waals surface area (Å²) in [5, 5.41) is 4.20. The van der Waals surface area contributed by atoms with Gasteiger partial charge in [-0.15, -0.1) is 0 Å². The van der Waals surface area contributed by atoms with Gasteiger partial charge in [0.2, 0.25) is 0 Å². The van der Waals surface area contributed by atoms with Crippen molar-refractivity contribution in [1.29, 1.82) is 0 Å². The molecule has 0 aromatic heterocycles. The first-order chi connectivity index (χ1) is 10.2. The minimum absolute atomic E-state index is 0.148.